The van der Waals surface area contributed by atoms with Gasteiger partial charge in [0.1, 0.15) is 0 Å². The highest BCUT2D eigenvalue weighted by atomic mass is 16.1. The van der Waals surface area contributed by atoms with Crippen LogP contribution in [-0.4, -0.2) is 38.7 Å². The Hall–Kier alpha value is -3.06. The number of nitrogens with zero attached hydrogens (tertiary/aromatic N) is 5. The molecular formula is C20H20N6O. The molecule has 2 atom stereocenters. The van der Waals surface area contributed by atoms with Crippen molar-refractivity contribution in [3.05, 3.63) is 71.0 Å². The summed E-state index contributed by atoms with van der Waals surface area (Å²) in [5.74, 6) is 0.696. The van der Waals surface area contributed by atoms with Crippen LogP contribution in [0.2, 0.25) is 0 Å². The molecule has 27 heavy (non-hydrogen) atoms. The Morgan fingerprint density at radius 3 is 2.78 bits per heavy atom. The molecule has 0 amide bonds. The van der Waals surface area contributed by atoms with Crippen LogP contribution in [0.4, 0.5) is 5.95 Å². The molecular weight excluding hydrogens is 340 g/mol. The third-order valence-corrected chi connectivity index (χ3v) is 5.71. The lowest BCUT2D eigenvalue weighted by atomic mass is 9.90. The number of hydrogen-bond acceptors (Lipinski definition) is 6. The summed E-state index contributed by atoms with van der Waals surface area (Å²) in [4.78, 5) is 28.2. The fourth-order valence-electron chi connectivity index (χ4n) is 4.32. The average Bonchev–Trinajstić information content (AvgIpc) is 3.31. The largest absolute Gasteiger partial charge is 0.329 e. The minimum Gasteiger partial charge on any atom is -0.329 e. The Kier molecular flexibility index (Phi) is 3.58. The maximum atomic E-state index is 12.7. The highest BCUT2D eigenvalue weighted by molar-refractivity contribution is 5.60. The zero-order valence-electron chi connectivity index (χ0n) is 15.0. The van der Waals surface area contributed by atoms with Crippen molar-refractivity contribution < 1.29 is 0 Å². The number of pyridine rings is 2. The zero-order chi connectivity index (χ0) is 18.4. The maximum absolute atomic E-state index is 12.7. The van der Waals surface area contributed by atoms with Crippen molar-refractivity contribution in [1.82, 2.24) is 24.8 Å². The number of anilines is 1. The first-order valence-electron chi connectivity index (χ1n) is 9.07. The van der Waals surface area contributed by atoms with E-state index in [9.17, 15) is 4.79 Å². The van der Waals surface area contributed by atoms with Crippen LogP contribution < -0.4 is 15.8 Å². The summed E-state index contributed by atoms with van der Waals surface area (Å²) in [6.07, 6.45) is 8.12. The van der Waals surface area contributed by atoms with E-state index in [-0.39, 0.29) is 11.1 Å². The van der Waals surface area contributed by atoms with Gasteiger partial charge < -0.3 is 10.2 Å². The molecule has 7 nitrogen and oxygen atoms in total. The maximum Gasteiger partial charge on any atom is 0.255 e. The molecule has 2 bridgehead atoms. The highest BCUT2D eigenvalue weighted by Gasteiger charge is 2.53. The van der Waals surface area contributed by atoms with Gasteiger partial charge in [-0.1, -0.05) is 6.07 Å². The minimum absolute atomic E-state index is 0.0659. The van der Waals surface area contributed by atoms with Crippen LogP contribution in [0.3, 0.4) is 0 Å². The summed E-state index contributed by atoms with van der Waals surface area (Å²) in [5.41, 5.74) is 2.42. The second kappa shape index (κ2) is 5.99. The van der Waals surface area contributed by atoms with Crippen LogP contribution in [0.25, 0.3) is 11.3 Å². The molecule has 2 aliphatic heterocycles. The van der Waals surface area contributed by atoms with Gasteiger partial charge in [-0.3, -0.25) is 19.3 Å². The van der Waals surface area contributed by atoms with Gasteiger partial charge in [0.05, 0.1) is 11.2 Å². The SMILES string of the molecule is Cn1c(N2CC3CC2(c2cccnc2)CN3)nc(-c2ccncc2)cc1=O. The molecule has 2 unspecified atom stereocenters. The van der Waals surface area contributed by atoms with Crippen molar-refractivity contribution in [2.75, 3.05) is 18.0 Å². The molecule has 0 aliphatic carbocycles. The van der Waals surface area contributed by atoms with Crippen LogP contribution >= 0.6 is 0 Å². The van der Waals surface area contributed by atoms with Gasteiger partial charge in [0.15, 0.2) is 0 Å². The van der Waals surface area contributed by atoms with Crippen molar-refractivity contribution >= 4 is 5.95 Å². The van der Waals surface area contributed by atoms with Gasteiger partial charge in [0.25, 0.3) is 5.56 Å². The molecule has 3 aromatic heterocycles. The first kappa shape index (κ1) is 16.1. The van der Waals surface area contributed by atoms with Crippen molar-refractivity contribution in [1.29, 1.82) is 0 Å². The van der Waals surface area contributed by atoms with E-state index in [1.54, 1.807) is 36.3 Å². The molecule has 0 saturated carbocycles. The molecule has 2 aliphatic rings. The number of piperazine rings is 1. The molecule has 136 valence electrons. The summed E-state index contributed by atoms with van der Waals surface area (Å²) in [6.45, 7) is 1.63. The standard InChI is InChI=1S/C20H20N6O/c1-25-18(27)9-17(14-4-7-21-8-5-14)24-19(25)26-12-16-10-20(26,13-23-16)15-3-2-6-22-11-15/h2-9,11,16,23H,10,12-13H2,1H3. The normalized spacial score (nSPS) is 23.7. The van der Waals surface area contributed by atoms with Gasteiger partial charge in [-0.2, -0.15) is 0 Å². The Morgan fingerprint density at radius 1 is 1.19 bits per heavy atom. The third-order valence-electron chi connectivity index (χ3n) is 5.71. The van der Waals surface area contributed by atoms with E-state index >= 15 is 0 Å². The summed E-state index contributed by atoms with van der Waals surface area (Å²) in [6, 6.07) is 9.79. The van der Waals surface area contributed by atoms with Crippen LogP contribution in [0, 0.1) is 0 Å². The number of fused-ring (bicyclic) bond motifs is 2. The smallest absolute Gasteiger partial charge is 0.255 e. The van der Waals surface area contributed by atoms with Crippen LogP contribution in [0.15, 0.2) is 59.9 Å². The quantitative estimate of drug-likeness (QED) is 0.759. The first-order chi connectivity index (χ1) is 13.2. The van der Waals surface area contributed by atoms with Crippen LogP contribution in [-0.2, 0) is 12.6 Å². The number of rotatable bonds is 3. The van der Waals surface area contributed by atoms with E-state index in [2.05, 4.69) is 26.3 Å². The highest BCUT2D eigenvalue weighted by Crippen LogP contribution is 2.44. The lowest BCUT2D eigenvalue weighted by Gasteiger charge is -2.40. The van der Waals surface area contributed by atoms with Crippen molar-refractivity contribution in [2.24, 2.45) is 7.05 Å². The summed E-state index contributed by atoms with van der Waals surface area (Å²) >= 11 is 0. The molecule has 0 spiro atoms. The topological polar surface area (TPSA) is 75.9 Å². The van der Waals surface area contributed by atoms with E-state index < -0.39 is 0 Å². The van der Waals surface area contributed by atoms with E-state index in [4.69, 9.17) is 4.98 Å². The van der Waals surface area contributed by atoms with Gasteiger partial charge in [-0.05, 0) is 30.2 Å². The molecule has 5 heterocycles. The number of aromatic nitrogens is 4. The molecule has 1 N–H and O–H groups in total. The Labute approximate surface area is 156 Å². The Morgan fingerprint density at radius 2 is 2.04 bits per heavy atom. The molecule has 2 fully saturated rings. The average molecular weight is 360 g/mol. The van der Waals surface area contributed by atoms with Crippen LogP contribution in [0.1, 0.15) is 12.0 Å². The zero-order valence-corrected chi connectivity index (χ0v) is 15.0. The minimum atomic E-state index is -0.229. The van der Waals surface area contributed by atoms with Crippen LogP contribution in [0.5, 0.6) is 0 Å². The summed E-state index contributed by atoms with van der Waals surface area (Å²) < 4.78 is 1.64. The lowest BCUT2D eigenvalue weighted by Crippen LogP contribution is -2.52. The van der Waals surface area contributed by atoms with E-state index in [1.165, 1.54) is 0 Å². The van der Waals surface area contributed by atoms with Crippen molar-refractivity contribution in [3.8, 4) is 11.3 Å². The Balaban J connectivity index is 1.66. The third kappa shape index (κ3) is 2.46. The number of hydrogen-bond donors (Lipinski definition) is 1. The monoisotopic (exact) mass is 360 g/mol. The molecule has 0 aromatic carbocycles. The lowest BCUT2D eigenvalue weighted by molar-refractivity contribution is 0.441. The fourth-order valence-corrected chi connectivity index (χ4v) is 4.32. The molecule has 5 rings (SSSR count). The van der Waals surface area contributed by atoms with E-state index in [1.807, 2.05) is 24.4 Å². The summed E-state index contributed by atoms with van der Waals surface area (Å²) in [7, 11) is 1.79. The van der Waals surface area contributed by atoms with Crippen molar-refractivity contribution in [3.63, 3.8) is 0 Å². The van der Waals surface area contributed by atoms with Gasteiger partial charge >= 0.3 is 0 Å². The Bertz CT molecular complexity index is 1040. The molecule has 0 radical (unpaired) electrons. The number of nitrogens with one attached hydrogen (secondary N) is 1. The predicted octanol–water partition coefficient (Wildman–Crippen LogP) is 1.31. The molecule has 2 saturated heterocycles. The van der Waals surface area contributed by atoms with Gasteiger partial charge in [0, 0.05) is 62.6 Å². The van der Waals surface area contributed by atoms with Crippen molar-refractivity contribution in [2.45, 2.75) is 18.0 Å². The molecule has 7 heteroatoms. The second-order valence-corrected chi connectivity index (χ2v) is 7.24. The fraction of sp³-hybridized carbons (Fsp3) is 0.300. The van der Waals surface area contributed by atoms with Gasteiger partial charge in [-0.15, -0.1) is 0 Å². The van der Waals surface area contributed by atoms with Gasteiger partial charge in [0.2, 0.25) is 5.95 Å². The first-order valence-corrected chi connectivity index (χ1v) is 9.07. The van der Waals surface area contributed by atoms with E-state index in [0.717, 1.165) is 30.6 Å². The van der Waals surface area contributed by atoms with Gasteiger partial charge in [-0.25, -0.2) is 4.98 Å². The summed E-state index contributed by atoms with van der Waals surface area (Å²) in [5, 5.41) is 3.58. The molecule has 3 aromatic rings. The predicted molar refractivity (Wildman–Crippen MR) is 102 cm³/mol. The van der Waals surface area contributed by atoms with E-state index in [0.29, 0.717) is 17.7 Å². The second-order valence-electron chi connectivity index (χ2n) is 7.24.